The normalized spacial score (nSPS) is 11.4. The first-order chi connectivity index (χ1) is 11.2. The van der Waals surface area contributed by atoms with Crippen molar-refractivity contribution in [1.82, 2.24) is 5.43 Å². The third kappa shape index (κ3) is 3.83. The van der Waals surface area contributed by atoms with Gasteiger partial charge in [-0.1, -0.05) is 66.7 Å². The van der Waals surface area contributed by atoms with E-state index in [1.165, 1.54) is 5.39 Å². The third-order valence-electron chi connectivity index (χ3n) is 3.72. The average molecular weight is 302 g/mol. The molecule has 3 rings (SSSR count). The molecule has 0 saturated carbocycles. The summed E-state index contributed by atoms with van der Waals surface area (Å²) in [5, 5.41) is 6.57. The first-order valence-electron chi connectivity index (χ1n) is 7.58. The average Bonchev–Trinajstić information content (AvgIpc) is 2.60. The number of carbonyl (C=O) groups excluding carboxylic acids is 1. The van der Waals surface area contributed by atoms with Crippen LogP contribution >= 0.6 is 0 Å². The second-order valence-corrected chi connectivity index (χ2v) is 5.46. The van der Waals surface area contributed by atoms with E-state index in [9.17, 15) is 4.79 Å². The number of carbonyl (C=O) groups is 1. The number of hydrogen-bond acceptors (Lipinski definition) is 2. The Morgan fingerprint density at radius 1 is 0.913 bits per heavy atom. The molecule has 0 heterocycles. The minimum Gasteiger partial charge on any atom is -0.273 e. The van der Waals surface area contributed by atoms with Crippen molar-refractivity contribution in [2.24, 2.45) is 5.10 Å². The number of benzene rings is 3. The lowest BCUT2D eigenvalue weighted by Crippen LogP contribution is -2.21. The molecule has 0 aliphatic rings. The first-order valence-corrected chi connectivity index (χ1v) is 7.58. The van der Waals surface area contributed by atoms with Gasteiger partial charge in [0.25, 0.3) is 0 Å². The maximum atomic E-state index is 11.9. The van der Waals surface area contributed by atoms with Crippen LogP contribution in [0.1, 0.15) is 18.1 Å². The summed E-state index contributed by atoms with van der Waals surface area (Å²) in [5.74, 6) is -0.115. The van der Waals surface area contributed by atoms with Crippen LogP contribution in [0.15, 0.2) is 77.9 Å². The zero-order valence-corrected chi connectivity index (χ0v) is 13.0. The van der Waals surface area contributed by atoms with Gasteiger partial charge in [0.15, 0.2) is 0 Å². The fourth-order valence-electron chi connectivity index (χ4n) is 2.45. The molecule has 1 amide bonds. The molecule has 0 radical (unpaired) electrons. The lowest BCUT2D eigenvalue weighted by atomic mass is 10.0. The summed E-state index contributed by atoms with van der Waals surface area (Å²) in [7, 11) is 0. The topological polar surface area (TPSA) is 41.5 Å². The highest BCUT2D eigenvalue weighted by molar-refractivity contribution is 6.02. The second-order valence-electron chi connectivity index (χ2n) is 5.46. The molecule has 3 aromatic rings. The molecule has 0 fully saturated rings. The van der Waals surface area contributed by atoms with Crippen molar-refractivity contribution in [1.29, 1.82) is 0 Å². The summed E-state index contributed by atoms with van der Waals surface area (Å²) >= 11 is 0. The molecule has 23 heavy (non-hydrogen) atoms. The van der Waals surface area contributed by atoms with Crippen LogP contribution in [-0.4, -0.2) is 11.6 Å². The Bertz CT molecular complexity index is 854. The summed E-state index contributed by atoms with van der Waals surface area (Å²) in [6.45, 7) is 1.90. The van der Waals surface area contributed by atoms with E-state index in [0.717, 1.165) is 22.2 Å². The zero-order valence-electron chi connectivity index (χ0n) is 13.0. The van der Waals surface area contributed by atoms with E-state index in [1.807, 2.05) is 55.5 Å². The minimum atomic E-state index is -0.115. The highest BCUT2D eigenvalue weighted by atomic mass is 16.2. The lowest BCUT2D eigenvalue weighted by molar-refractivity contribution is -0.120. The van der Waals surface area contributed by atoms with E-state index in [1.54, 1.807) is 0 Å². The molecule has 0 bridgehead atoms. The van der Waals surface area contributed by atoms with Gasteiger partial charge < -0.3 is 0 Å². The molecule has 0 aliphatic heterocycles. The van der Waals surface area contributed by atoms with Crippen molar-refractivity contribution in [2.75, 3.05) is 0 Å². The number of fused-ring (bicyclic) bond motifs is 1. The van der Waals surface area contributed by atoms with E-state index in [0.29, 0.717) is 6.42 Å². The summed E-state index contributed by atoms with van der Waals surface area (Å²) in [5.41, 5.74) is 5.39. The number of nitrogens with zero attached hydrogens (tertiary/aromatic N) is 1. The lowest BCUT2D eigenvalue weighted by Gasteiger charge is -2.05. The Hall–Kier alpha value is -2.94. The molecule has 0 aromatic heterocycles. The molecule has 0 aliphatic carbocycles. The molecule has 0 atom stereocenters. The molecule has 3 nitrogen and oxygen atoms in total. The van der Waals surface area contributed by atoms with Crippen LogP contribution in [0, 0.1) is 0 Å². The van der Waals surface area contributed by atoms with Crippen molar-refractivity contribution < 1.29 is 4.79 Å². The SMILES string of the molecule is C/C(=N\NC(=O)Cc1ccccc1)c1ccc2ccccc2c1. The van der Waals surface area contributed by atoms with Gasteiger partial charge in [0.1, 0.15) is 0 Å². The van der Waals surface area contributed by atoms with Crippen molar-refractivity contribution in [3.05, 3.63) is 83.9 Å². The minimum absolute atomic E-state index is 0.115. The van der Waals surface area contributed by atoms with Crippen LogP contribution in [0.5, 0.6) is 0 Å². The predicted molar refractivity (Wildman–Crippen MR) is 94.4 cm³/mol. The van der Waals surface area contributed by atoms with Gasteiger partial charge in [0.2, 0.25) is 5.91 Å². The number of hydrazone groups is 1. The smallest absolute Gasteiger partial charge is 0.244 e. The fraction of sp³-hybridized carbons (Fsp3) is 0.100. The largest absolute Gasteiger partial charge is 0.273 e. The van der Waals surface area contributed by atoms with Crippen LogP contribution in [0.3, 0.4) is 0 Å². The quantitative estimate of drug-likeness (QED) is 0.576. The summed E-state index contributed by atoms with van der Waals surface area (Å²) in [6, 6.07) is 24.0. The van der Waals surface area contributed by atoms with Gasteiger partial charge in [-0.25, -0.2) is 5.43 Å². The Balaban J connectivity index is 1.69. The maximum Gasteiger partial charge on any atom is 0.244 e. The van der Waals surface area contributed by atoms with Gasteiger partial charge in [-0.2, -0.15) is 5.10 Å². The zero-order chi connectivity index (χ0) is 16.1. The summed E-state index contributed by atoms with van der Waals surface area (Å²) in [6.07, 6.45) is 0.329. The van der Waals surface area contributed by atoms with Crippen molar-refractivity contribution >= 4 is 22.4 Å². The summed E-state index contributed by atoms with van der Waals surface area (Å²) in [4.78, 5) is 11.9. The molecule has 3 aromatic carbocycles. The summed E-state index contributed by atoms with van der Waals surface area (Å²) < 4.78 is 0. The molecule has 0 spiro atoms. The number of amides is 1. The van der Waals surface area contributed by atoms with Gasteiger partial charge in [-0.05, 0) is 34.9 Å². The molecule has 3 heteroatoms. The van der Waals surface area contributed by atoms with Crippen molar-refractivity contribution in [2.45, 2.75) is 13.3 Å². The van der Waals surface area contributed by atoms with Crippen LogP contribution in [0.2, 0.25) is 0 Å². The van der Waals surface area contributed by atoms with E-state index in [-0.39, 0.29) is 5.91 Å². The Morgan fingerprint density at radius 3 is 2.39 bits per heavy atom. The van der Waals surface area contributed by atoms with E-state index < -0.39 is 0 Å². The van der Waals surface area contributed by atoms with Crippen molar-refractivity contribution in [3.8, 4) is 0 Å². The van der Waals surface area contributed by atoms with Crippen LogP contribution in [0.25, 0.3) is 10.8 Å². The van der Waals surface area contributed by atoms with E-state index in [4.69, 9.17) is 0 Å². The predicted octanol–water partition coefficient (Wildman–Crippen LogP) is 3.92. The first kappa shape index (κ1) is 15.0. The Morgan fingerprint density at radius 2 is 1.61 bits per heavy atom. The van der Waals surface area contributed by atoms with Crippen LogP contribution in [0.4, 0.5) is 0 Å². The fourth-order valence-corrected chi connectivity index (χ4v) is 2.45. The highest BCUT2D eigenvalue weighted by Crippen LogP contribution is 2.16. The Kier molecular flexibility index (Phi) is 4.48. The molecule has 0 unspecified atom stereocenters. The molecule has 114 valence electrons. The van der Waals surface area contributed by atoms with Crippen molar-refractivity contribution in [3.63, 3.8) is 0 Å². The van der Waals surface area contributed by atoms with E-state index >= 15 is 0 Å². The standard InChI is InChI=1S/C20H18N2O/c1-15(18-12-11-17-9-5-6-10-19(17)14-18)21-22-20(23)13-16-7-3-2-4-8-16/h2-12,14H,13H2,1H3,(H,22,23)/b21-15+. The van der Waals surface area contributed by atoms with E-state index in [2.05, 4.69) is 34.8 Å². The highest BCUT2D eigenvalue weighted by Gasteiger charge is 2.03. The third-order valence-corrected chi connectivity index (χ3v) is 3.72. The van der Waals surface area contributed by atoms with Gasteiger partial charge in [-0.3, -0.25) is 4.79 Å². The second kappa shape index (κ2) is 6.88. The monoisotopic (exact) mass is 302 g/mol. The van der Waals surface area contributed by atoms with Crippen LogP contribution < -0.4 is 5.43 Å². The van der Waals surface area contributed by atoms with Gasteiger partial charge >= 0.3 is 0 Å². The molecule has 1 N–H and O–H groups in total. The van der Waals surface area contributed by atoms with Gasteiger partial charge in [0, 0.05) is 0 Å². The maximum absolute atomic E-state index is 11.9. The number of rotatable bonds is 4. The number of hydrogen-bond donors (Lipinski definition) is 1. The van der Waals surface area contributed by atoms with Gasteiger partial charge in [0.05, 0.1) is 12.1 Å². The Labute approximate surface area is 135 Å². The molecule has 0 saturated heterocycles. The molecular weight excluding hydrogens is 284 g/mol. The molecular formula is C20H18N2O. The van der Waals surface area contributed by atoms with Gasteiger partial charge in [-0.15, -0.1) is 0 Å². The number of nitrogens with one attached hydrogen (secondary N) is 1. The van der Waals surface area contributed by atoms with Crippen LogP contribution in [-0.2, 0) is 11.2 Å².